The number of nitrogens with one attached hydrogen (secondary N) is 1. The zero-order valence-electron chi connectivity index (χ0n) is 11.6. The van der Waals surface area contributed by atoms with Crippen molar-refractivity contribution in [3.8, 4) is 6.07 Å². The number of hydrogen-bond donors (Lipinski definition) is 1. The van der Waals surface area contributed by atoms with Crippen LogP contribution in [0.1, 0.15) is 34.2 Å². The fourth-order valence-electron chi connectivity index (χ4n) is 1.88. The number of carbonyl (C=O) groups excluding carboxylic acids is 1. The van der Waals surface area contributed by atoms with E-state index in [0.29, 0.717) is 17.8 Å². The van der Waals surface area contributed by atoms with E-state index in [1.807, 2.05) is 19.1 Å². The molecule has 5 heteroatoms. The van der Waals surface area contributed by atoms with Gasteiger partial charge in [0.15, 0.2) is 0 Å². The van der Waals surface area contributed by atoms with E-state index in [1.54, 1.807) is 29.9 Å². The highest BCUT2D eigenvalue weighted by Crippen LogP contribution is 2.06. The molecule has 1 amide bonds. The topological polar surface area (TPSA) is 70.7 Å². The van der Waals surface area contributed by atoms with Crippen LogP contribution in [-0.4, -0.2) is 15.7 Å². The van der Waals surface area contributed by atoms with Crippen molar-refractivity contribution in [3.05, 3.63) is 52.8 Å². The van der Waals surface area contributed by atoms with Crippen molar-refractivity contribution in [1.29, 1.82) is 5.26 Å². The Balaban J connectivity index is 2.00. The quantitative estimate of drug-likeness (QED) is 0.918. The lowest BCUT2D eigenvalue weighted by molar-refractivity contribution is 0.0941. The van der Waals surface area contributed by atoms with Gasteiger partial charge >= 0.3 is 0 Å². The molecular formula is C15H16N4O. The highest BCUT2D eigenvalue weighted by atomic mass is 16.2. The van der Waals surface area contributed by atoms with Gasteiger partial charge in [0.1, 0.15) is 5.69 Å². The van der Waals surface area contributed by atoms with Crippen LogP contribution in [0.3, 0.4) is 0 Å². The molecule has 1 N–H and O–H groups in total. The lowest BCUT2D eigenvalue weighted by Crippen LogP contribution is -2.25. The van der Waals surface area contributed by atoms with Crippen LogP contribution in [0.2, 0.25) is 0 Å². The monoisotopic (exact) mass is 268 g/mol. The molecule has 20 heavy (non-hydrogen) atoms. The summed E-state index contributed by atoms with van der Waals surface area (Å²) in [6.45, 7) is 2.43. The van der Waals surface area contributed by atoms with Gasteiger partial charge in [0, 0.05) is 13.6 Å². The second kappa shape index (κ2) is 6.02. The SMILES string of the molecule is CCc1cc(C(=O)NCc2ccc(C#N)cc2)n(C)n1. The molecule has 0 fully saturated rings. The molecule has 0 bridgehead atoms. The largest absolute Gasteiger partial charge is 0.347 e. The van der Waals surface area contributed by atoms with Crippen molar-refractivity contribution < 1.29 is 4.79 Å². The van der Waals surface area contributed by atoms with Crippen LogP contribution in [0, 0.1) is 11.3 Å². The fourth-order valence-corrected chi connectivity index (χ4v) is 1.88. The number of nitrogens with zero attached hydrogens (tertiary/aromatic N) is 3. The minimum Gasteiger partial charge on any atom is -0.347 e. The molecule has 5 nitrogen and oxygen atoms in total. The van der Waals surface area contributed by atoms with Crippen molar-refractivity contribution in [3.63, 3.8) is 0 Å². The predicted octanol–water partition coefficient (Wildman–Crippen LogP) is 1.78. The molecule has 0 atom stereocenters. The molecule has 0 aliphatic carbocycles. The average Bonchev–Trinajstić information content (AvgIpc) is 2.86. The smallest absolute Gasteiger partial charge is 0.269 e. The van der Waals surface area contributed by atoms with Gasteiger partial charge in [0.05, 0.1) is 17.3 Å². The molecule has 0 radical (unpaired) electrons. The van der Waals surface area contributed by atoms with Crippen LogP contribution in [0.5, 0.6) is 0 Å². The van der Waals surface area contributed by atoms with Crippen LogP contribution in [0.25, 0.3) is 0 Å². The van der Waals surface area contributed by atoms with Gasteiger partial charge in [-0.15, -0.1) is 0 Å². The van der Waals surface area contributed by atoms with Crippen molar-refractivity contribution >= 4 is 5.91 Å². The predicted molar refractivity (Wildman–Crippen MR) is 74.9 cm³/mol. The Hall–Kier alpha value is -2.61. The summed E-state index contributed by atoms with van der Waals surface area (Å²) in [7, 11) is 1.76. The van der Waals surface area contributed by atoms with Crippen LogP contribution >= 0.6 is 0 Å². The van der Waals surface area contributed by atoms with E-state index >= 15 is 0 Å². The number of benzene rings is 1. The molecule has 0 unspecified atom stereocenters. The third kappa shape index (κ3) is 3.04. The zero-order chi connectivity index (χ0) is 14.5. The first-order valence-electron chi connectivity index (χ1n) is 6.44. The number of aromatic nitrogens is 2. The van der Waals surface area contributed by atoms with Gasteiger partial charge in [0.2, 0.25) is 0 Å². The summed E-state index contributed by atoms with van der Waals surface area (Å²) < 4.78 is 1.59. The van der Waals surface area contributed by atoms with Gasteiger partial charge in [0.25, 0.3) is 5.91 Å². The van der Waals surface area contributed by atoms with Crippen LogP contribution in [-0.2, 0) is 20.0 Å². The Morgan fingerprint density at radius 1 is 1.40 bits per heavy atom. The molecule has 102 valence electrons. The second-order valence-corrected chi connectivity index (χ2v) is 4.49. The Kier molecular flexibility index (Phi) is 4.16. The third-order valence-electron chi connectivity index (χ3n) is 3.06. The first kappa shape index (κ1) is 13.8. The molecule has 1 aromatic carbocycles. The van der Waals surface area contributed by atoms with E-state index in [9.17, 15) is 4.79 Å². The number of carbonyl (C=O) groups is 1. The molecule has 2 rings (SSSR count). The zero-order valence-corrected chi connectivity index (χ0v) is 11.6. The van der Waals surface area contributed by atoms with Crippen molar-refractivity contribution in [2.24, 2.45) is 7.05 Å². The van der Waals surface area contributed by atoms with E-state index in [0.717, 1.165) is 17.7 Å². The first-order valence-corrected chi connectivity index (χ1v) is 6.44. The number of hydrogen-bond acceptors (Lipinski definition) is 3. The fraction of sp³-hybridized carbons (Fsp3) is 0.267. The Labute approximate surface area is 117 Å². The second-order valence-electron chi connectivity index (χ2n) is 4.49. The van der Waals surface area contributed by atoms with E-state index in [1.165, 1.54) is 0 Å². The number of aryl methyl sites for hydroxylation is 2. The Bertz CT molecular complexity index is 650. The Morgan fingerprint density at radius 2 is 2.10 bits per heavy atom. The van der Waals surface area contributed by atoms with Gasteiger partial charge in [-0.1, -0.05) is 19.1 Å². The Morgan fingerprint density at radius 3 is 2.65 bits per heavy atom. The molecule has 1 aromatic heterocycles. The van der Waals surface area contributed by atoms with Crippen molar-refractivity contribution in [2.45, 2.75) is 19.9 Å². The minimum atomic E-state index is -0.149. The number of amides is 1. The summed E-state index contributed by atoms with van der Waals surface area (Å²) in [5.74, 6) is -0.149. The molecule has 0 spiro atoms. The van der Waals surface area contributed by atoms with Gasteiger partial charge in [-0.3, -0.25) is 9.48 Å². The molecule has 0 saturated heterocycles. The van der Waals surface area contributed by atoms with Crippen molar-refractivity contribution in [2.75, 3.05) is 0 Å². The maximum atomic E-state index is 12.1. The molecular weight excluding hydrogens is 252 g/mol. The van der Waals surface area contributed by atoms with Crippen molar-refractivity contribution in [1.82, 2.24) is 15.1 Å². The molecule has 1 heterocycles. The van der Waals surface area contributed by atoms with Gasteiger partial charge in [-0.05, 0) is 30.2 Å². The molecule has 2 aromatic rings. The molecule has 0 saturated carbocycles. The van der Waals surface area contributed by atoms with Crippen LogP contribution in [0.4, 0.5) is 0 Å². The van der Waals surface area contributed by atoms with E-state index in [4.69, 9.17) is 5.26 Å². The van der Waals surface area contributed by atoms with Gasteiger partial charge in [-0.2, -0.15) is 10.4 Å². The molecule has 0 aliphatic heterocycles. The third-order valence-corrected chi connectivity index (χ3v) is 3.06. The average molecular weight is 268 g/mol. The summed E-state index contributed by atoms with van der Waals surface area (Å²) in [6.07, 6.45) is 0.802. The summed E-state index contributed by atoms with van der Waals surface area (Å²) in [5.41, 5.74) is 3.01. The minimum absolute atomic E-state index is 0.149. The lowest BCUT2D eigenvalue weighted by atomic mass is 10.1. The maximum absolute atomic E-state index is 12.1. The summed E-state index contributed by atoms with van der Waals surface area (Å²) in [4.78, 5) is 12.1. The summed E-state index contributed by atoms with van der Waals surface area (Å²) in [5, 5.41) is 15.8. The van der Waals surface area contributed by atoms with Gasteiger partial charge in [-0.25, -0.2) is 0 Å². The normalized spacial score (nSPS) is 10.1. The summed E-state index contributed by atoms with van der Waals surface area (Å²) >= 11 is 0. The van der Waals surface area contributed by atoms with Gasteiger partial charge < -0.3 is 5.32 Å². The van der Waals surface area contributed by atoms with E-state index < -0.39 is 0 Å². The highest BCUT2D eigenvalue weighted by molar-refractivity contribution is 5.92. The van der Waals surface area contributed by atoms with E-state index in [2.05, 4.69) is 16.5 Å². The molecule has 0 aliphatic rings. The number of nitriles is 1. The first-order chi connectivity index (χ1) is 9.63. The van der Waals surface area contributed by atoms with Crippen LogP contribution < -0.4 is 5.32 Å². The summed E-state index contributed by atoms with van der Waals surface area (Å²) in [6, 6.07) is 11.0. The standard InChI is InChI=1S/C15H16N4O/c1-3-13-8-14(19(2)18-13)15(20)17-10-12-6-4-11(9-16)5-7-12/h4-8H,3,10H2,1-2H3,(H,17,20). The number of rotatable bonds is 4. The lowest BCUT2D eigenvalue weighted by Gasteiger charge is -2.05. The maximum Gasteiger partial charge on any atom is 0.269 e. The van der Waals surface area contributed by atoms with E-state index in [-0.39, 0.29) is 5.91 Å². The highest BCUT2D eigenvalue weighted by Gasteiger charge is 2.12. The van der Waals surface area contributed by atoms with Crippen LogP contribution in [0.15, 0.2) is 30.3 Å².